The number of nitro benzene ring substituents is 1. The molecule has 1 N–H and O–H groups in total. The van der Waals surface area contributed by atoms with Gasteiger partial charge in [0.15, 0.2) is 0 Å². The van der Waals surface area contributed by atoms with Crippen LogP contribution in [0.1, 0.15) is 27.2 Å². The fourth-order valence-electron chi connectivity index (χ4n) is 4.11. The van der Waals surface area contributed by atoms with E-state index in [1.54, 1.807) is 53.5 Å². The summed E-state index contributed by atoms with van der Waals surface area (Å²) in [4.78, 5) is 36.9. The van der Waals surface area contributed by atoms with Crippen LogP contribution >= 0.6 is 0 Å². The Kier molecular flexibility index (Phi) is 6.22. The van der Waals surface area contributed by atoms with Crippen molar-refractivity contribution in [3.8, 4) is 11.3 Å². The lowest BCUT2D eigenvalue weighted by Gasteiger charge is -2.21. The summed E-state index contributed by atoms with van der Waals surface area (Å²) in [7, 11) is 0. The van der Waals surface area contributed by atoms with Gasteiger partial charge in [-0.2, -0.15) is 0 Å². The second-order valence-corrected chi connectivity index (χ2v) is 8.40. The van der Waals surface area contributed by atoms with Crippen molar-refractivity contribution in [3.63, 3.8) is 0 Å². The van der Waals surface area contributed by atoms with Crippen molar-refractivity contribution in [2.75, 3.05) is 0 Å². The Balaban J connectivity index is 1.46. The topological polar surface area (TPSA) is 114 Å². The number of carbonyl (C=O) groups excluding carboxylic acids is 1. The average Bonchev–Trinajstić information content (AvgIpc) is 3.50. The highest BCUT2D eigenvalue weighted by Crippen LogP contribution is 2.33. The molecule has 182 valence electrons. The predicted molar refractivity (Wildman–Crippen MR) is 137 cm³/mol. The lowest BCUT2D eigenvalue weighted by molar-refractivity contribution is -0.384. The summed E-state index contributed by atoms with van der Waals surface area (Å²) in [6.07, 6.45) is 3.43. The number of non-ortho nitro benzene ring substituents is 1. The van der Waals surface area contributed by atoms with E-state index in [1.807, 2.05) is 30.3 Å². The first-order chi connectivity index (χ1) is 17.9. The number of hydrogen-bond donors (Lipinski definition) is 1. The number of carboxylic acid groups (broad SMARTS) is 1. The van der Waals surface area contributed by atoms with Gasteiger partial charge in [-0.05, 0) is 47.5 Å². The fourth-order valence-corrected chi connectivity index (χ4v) is 4.11. The van der Waals surface area contributed by atoms with Gasteiger partial charge >= 0.3 is 5.97 Å². The quantitative estimate of drug-likeness (QED) is 0.192. The third-order valence-corrected chi connectivity index (χ3v) is 5.95. The zero-order valence-corrected chi connectivity index (χ0v) is 19.4. The normalized spacial score (nSPS) is 14.2. The molecule has 0 fully saturated rings. The molecule has 1 aliphatic heterocycles. The van der Waals surface area contributed by atoms with Gasteiger partial charge < -0.3 is 14.4 Å². The molecule has 0 bridgehead atoms. The van der Waals surface area contributed by atoms with Crippen LogP contribution in [-0.2, 0) is 11.3 Å². The van der Waals surface area contributed by atoms with Crippen LogP contribution in [0.3, 0.4) is 0 Å². The summed E-state index contributed by atoms with van der Waals surface area (Å²) in [6, 6.07) is 25.5. The van der Waals surface area contributed by atoms with E-state index in [4.69, 9.17) is 9.52 Å². The summed E-state index contributed by atoms with van der Waals surface area (Å²) in [5.41, 5.74) is 3.47. The van der Waals surface area contributed by atoms with Crippen molar-refractivity contribution in [1.82, 2.24) is 4.90 Å². The van der Waals surface area contributed by atoms with Crippen LogP contribution in [0.25, 0.3) is 23.1 Å². The van der Waals surface area contributed by atoms with E-state index in [1.165, 1.54) is 24.3 Å². The smallest absolute Gasteiger partial charge is 0.335 e. The molecule has 0 radical (unpaired) electrons. The molecule has 5 rings (SSSR count). The first kappa shape index (κ1) is 23.5. The van der Waals surface area contributed by atoms with Crippen molar-refractivity contribution in [2.24, 2.45) is 0 Å². The minimum atomic E-state index is -1.01. The number of nitro groups is 1. The van der Waals surface area contributed by atoms with Gasteiger partial charge in [0, 0.05) is 23.3 Å². The maximum atomic E-state index is 13.5. The van der Waals surface area contributed by atoms with Crippen molar-refractivity contribution in [3.05, 3.63) is 135 Å². The Hall–Kier alpha value is -5.24. The van der Waals surface area contributed by atoms with Gasteiger partial charge in [0.2, 0.25) is 0 Å². The minimum Gasteiger partial charge on any atom is -0.478 e. The summed E-state index contributed by atoms with van der Waals surface area (Å²) >= 11 is 0. The first-order valence-corrected chi connectivity index (χ1v) is 11.4. The van der Waals surface area contributed by atoms with Gasteiger partial charge in [-0.1, -0.05) is 54.6 Å². The molecule has 4 aromatic rings. The Bertz CT molecular complexity index is 1570. The lowest BCUT2D eigenvalue weighted by Crippen LogP contribution is -2.25. The van der Waals surface area contributed by atoms with Gasteiger partial charge in [0.1, 0.15) is 11.5 Å². The predicted octanol–water partition coefficient (Wildman–Crippen LogP) is 6.02. The third-order valence-electron chi connectivity index (χ3n) is 5.95. The van der Waals surface area contributed by atoms with Crippen molar-refractivity contribution in [1.29, 1.82) is 0 Å². The molecule has 8 nitrogen and oxygen atoms in total. The van der Waals surface area contributed by atoms with Crippen LogP contribution < -0.4 is 0 Å². The molecule has 0 saturated heterocycles. The van der Waals surface area contributed by atoms with E-state index in [2.05, 4.69) is 0 Å². The van der Waals surface area contributed by atoms with Crippen molar-refractivity contribution >= 4 is 29.3 Å². The molecule has 1 amide bonds. The Morgan fingerprint density at radius 2 is 1.68 bits per heavy atom. The number of nitrogens with zero attached hydrogens (tertiary/aromatic N) is 2. The van der Waals surface area contributed by atoms with Gasteiger partial charge in [0.05, 0.1) is 22.7 Å². The van der Waals surface area contributed by atoms with E-state index in [-0.39, 0.29) is 23.7 Å². The second kappa shape index (κ2) is 9.79. The molecule has 8 heteroatoms. The van der Waals surface area contributed by atoms with E-state index in [9.17, 15) is 19.7 Å². The fraction of sp³-hybridized carbons (Fsp3) is 0.0345. The van der Waals surface area contributed by atoms with Gasteiger partial charge in [-0.15, -0.1) is 0 Å². The van der Waals surface area contributed by atoms with Gasteiger partial charge in [0.25, 0.3) is 11.6 Å². The van der Waals surface area contributed by atoms with E-state index >= 15 is 0 Å². The van der Waals surface area contributed by atoms with Crippen LogP contribution in [-0.4, -0.2) is 26.8 Å². The number of amides is 1. The van der Waals surface area contributed by atoms with Gasteiger partial charge in [-0.3, -0.25) is 14.9 Å². The summed E-state index contributed by atoms with van der Waals surface area (Å²) in [6.45, 7) is 0.258. The molecule has 2 heterocycles. The SMILES string of the molecule is O=C(O)c1ccc(CN2C(=O)/C(=C/c3ccc(-c4cccc([N+](=O)[O-])c4)o3)C=C2c2ccccc2)cc1. The van der Waals surface area contributed by atoms with E-state index < -0.39 is 10.9 Å². The summed E-state index contributed by atoms with van der Waals surface area (Å²) in [5, 5.41) is 20.3. The van der Waals surface area contributed by atoms with E-state index in [0.29, 0.717) is 28.4 Å². The molecule has 0 aliphatic carbocycles. The zero-order valence-electron chi connectivity index (χ0n) is 19.4. The molecule has 0 spiro atoms. The molecule has 0 unspecified atom stereocenters. The Morgan fingerprint density at radius 1 is 0.946 bits per heavy atom. The van der Waals surface area contributed by atoms with Crippen molar-refractivity contribution < 1.29 is 24.0 Å². The largest absolute Gasteiger partial charge is 0.478 e. The second-order valence-electron chi connectivity index (χ2n) is 8.40. The highest BCUT2D eigenvalue weighted by Gasteiger charge is 2.29. The van der Waals surface area contributed by atoms with Crippen LogP contribution in [0.2, 0.25) is 0 Å². The van der Waals surface area contributed by atoms with Crippen LogP contribution in [0.4, 0.5) is 5.69 Å². The minimum absolute atomic E-state index is 0.0396. The highest BCUT2D eigenvalue weighted by molar-refractivity contribution is 6.10. The number of furan rings is 1. The number of aromatic carboxylic acids is 1. The zero-order chi connectivity index (χ0) is 25.9. The maximum Gasteiger partial charge on any atom is 0.335 e. The Morgan fingerprint density at radius 3 is 2.38 bits per heavy atom. The summed E-state index contributed by atoms with van der Waals surface area (Å²) < 4.78 is 5.89. The van der Waals surface area contributed by atoms with Crippen molar-refractivity contribution in [2.45, 2.75) is 6.54 Å². The molecular formula is C29H20N2O6. The van der Waals surface area contributed by atoms with Crippen LogP contribution in [0.15, 0.2) is 107 Å². The lowest BCUT2D eigenvalue weighted by atomic mass is 10.1. The molecule has 37 heavy (non-hydrogen) atoms. The molecule has 0 atom stereocenters. The monoisotopic (exact) mass is 492 g/mol. The number of rotatable bonds is 7. The maximum absolute atomic E-state index is 13.5. The molecule has 1 aromatic heterocycles. The molecular weight excluding hydrogens is 472 g/mol. The third kappa shape index (κ3) is 4.94. The van der Waals surface area contributed by atoms with Gasteiger partial charge in [-0.25, -0.2) is 4.79 Å². The first-order valence-electron chi connectivity index (χ1n) is 11.4. The number of benzene rings is 3. The molecule has 3 aromatic carbocycles. The van der Waals surface area contributed by atoms with Crippen LogP contribution in [0.5, 0.6) is 0 Å². The Labute approximate surface area is 211 Å². The number of carbonyl (C=O) groups is 2. The molecule has 0 saturated carbocycles. The number of hydrogen-bond acceptors (Lipinski definition) is 5. The average molecular weight is 492 g/mol. The highest BCUT2D eigenvalue weighted by atomic mass is 16.6. The standard InChI is InChI=1S/C29H20N2O6/c32-28-23(16-25-13-14-27(37-25)22-7-4-8-24(15-22)31(35)36)17-26(20-5-2-1-3-6-20)30(28)18-19-9-11-21(12-10-19)29(33)34/h1-17H,18H2,(H,33,34)/b23-16+. The van der Waals surface area contributed by atoms with E-state index in [0.717, 1.165) is 11.1 Å². The summed E-state index contributed by atoms with van der Waals surface area (Å²) in [5.74, 6) is -0.360. The number of carboxylic acids is 1. The molecule has 1 aliphatic rings. The van der Waals surface area contributed by atoms with Crippen LogP contribution in [0, 0.1) is 10.1 Å².